The van der Waals surface area contributed by atoms with Gasteiger partial charge in [-0.25, -0.2) is 0 Å². The average molecular weight is 234 g/mol. The molecule has 2 heterocycles. The molecule has 0 bridgehead atoms. The molecule has 2 aliphatic heterocycles. The lowest BCUT2D eigenvalue weighted by atomic mass is 9.94. The van der Waals surface area contributed by atoms with Crippen molar-refractivity contribution < 1.29 is 4.79 Å². The van der Waals surface area contributed by atoms with Gasteiger partial charge in [-0.1, -0.05) is 15.9 Å². The van der Waals surface area contributed by atoms with Gasteiger partial charge in [-0.15, -0.1) is 0 Å². The zero-order chi connectivity index (χ0) is 8.55. The number of hydrogen-bond acceptors (Lipinski definition) is 3. The highest BCUT2D eigenvalue weighted by molar-refractivity contribution is 9.09. The van der Waals surface area contributed by atoms with Crippen molar-refractivity contribution in [2.75, 3.05) is 13.2 Å². The fraction of sp³-hybridized carbons (Fsp3) is 0.857. The number of hydrogen-bond donors (Lipinski definition) is 3. The molecule has 0 aliphatic carbocycles. The summed E-state index contributed by atoms with van der Waals surface area (Å²) in [5.41, 5.74) is 0. The van der Waals surface area contributed by atoms with Gasteiger partial charge >= 0.3 is 0 Å². The van der Waals surface area contributed by atoms with Crippen LogP contribution in [-0.4, -0.2) is 30.1 Å². The Bertz CT molecular complexity index is 199. The molecule has 3 N–H and O–H groups in total. The van der Waals surface area contributed by atoms with Crippen molar-refractivity contribution in [3.05, 3.63) is 0 Å². The van der Waals surface area contributed by atoms with Crippen LogP contribution in [0.3, 0.4) is 0 Å². The number of halogens is 1. The smallest absolute Gasteiger partial charge is 0.227 e. The monoisotopic (exact) mass is 233 g/mol. The first-order valence-electron chi connectivity index (χ1n) is 4.16. The third-order valence-electron chi connectivity index (χ3n) is 2.39. The molecule has 0 aromatic carbocycles. The van der Waals surface area contributed by atoms with Gasteiger partial charge in [0.1, 0.15) is 0 Å². The van der Waals surface area contributed by atoms with Crippen molar-refractivity contribution in [1.29, 1.82) is 0 Å². The number of fused-ring (bicyclic) bond motifs is 1. The van der Waals surface area contributed by atoms with E-state index in [0.717, 1.165) is 13.0 Å². The van der Waals surface area contributed by atoms with Crippen molar-refractivity contribution >= 4 is 21.8 Å². The number of nitrogens with one attached hydrogen (secondary N) is 3. The number of carbonyl (C=O) groups is 1. The Morgan fingerprint density at radius 1 is 1.42 bits per heavy atom. The first-order valence-corrected chi connectivity index (χ1v) is 5.07. The highest BCUT2D eigenvalue weighted by Crippen LogP contribution is 2.21. The number of rotatable bonds is 0. The van der Waals surface area contributed by atoms with Crippen LogP contribution in [0.1, 0.15) is 6.42 Å². The fourth-order valence-electron chi connectivity index (χ4n) is 1.74. The van der Waals surface area contributed by atoms with Crippen LogP contribution in [0.2, 0.25) is 0 Å². The highest BCUT2D eigenvalue weighted by Gasteiger charge is 2.36. The SMILES string of the molecule is O=C1NCNC2NCC(Br)CC12. The lowest BCUT2D eigenvalue weighted by Gasteiger charge is -2.38. The quantitative estimate of drug-likeness (QED) is 0.489. The van der Waals surface area contributed by atoms with Gasteiger partial charge in [0.25, 0.3) is 0 Å². The van der Waals surface area contributed by atoms with E-state index < -0.39 is 0 Å². The molecule has 0 spiro atoms. The van der Waals surface area contributed by atoms with E-state index in [4.69, 9.17) is 0 Å². The van der Waals surface area contributed by atoms with E-state index in [-0.39, 0.29) is 18.0 Å². The van der Waals surface area contributed by atoms with Gasteiger partial charge in [-0.05, 0) is 6.42 Å². The molecule has 2 rings (SSSR count). The molecular formula is C7H12BrN3O. The lowest BCUT2D eigenvalue weighted by molar-refractivity contribution is -0.129. The maximum absolute atomic E-state index is 11.4. The molecule has 68 valence electrons. The topological polar surface area (TPSA) is 53.2 Å². The number of carbonyl (C=O) groups excluding carboxylic acids is 1. The minimum Gasteiger partial charge on any atom is -0.343 e. The normalized spacial score (nSPS) is 41.8. The van der Waals surface area contributed by atoms with Crippen LogP contribution >= 0.6 is 15.9 Å². The van der Waals surface area contributed by atoms with Crippen LogP contribution in [0.4, 0.5) is 0 Å². The van der Waals surface area contributed by atoms with Crippen molar-refractivity contribution in [3.8, 4) is 0 Å². The van der Waals surface area contributed by atoms with E-state index in [1.807, 2.05) is 0 Å². The summed E-state index contributed by atoms with van der Waals surface area (Å²) >= 11 is 3.51. The van der Waals surface area contributed by atoms with Gasteiger partial charge in [0.15, 0.2) is 0 Å². The van der Waals surface area contributed by atoms with Crippen LogP contribution in [0, 0.1) is 5.92 Å². The van der Waals surface area contributed by atoms with E-state index in [2.05, 4.69) is 31.9 Å². The van der Waals surface area contributed by atoms with Crippen LogP contribution < -0.4 is 16.0 Å². The highest BCUT2D eigenvalue weighted by atomic mass is 79.9. The van der Waals surface area contributed by atoms with E-state index in [9.17, 15) is 4.79 Å². The van der Waals surface area contributed by atoms with Crippen molar-refractivity contribution in [2.24, 2.45) is 5.92 Å². The molecule has 0 saturated carbocycles. The Hall–Kier alpha value is -0.130. The number of alkyl halides is 1. The number of piperidine rings is 1. The van der Waals surface area contributed by atoms with Gasteiger partial charge in [-0.2, -0.15) is 0 Å². The van der Waals surface area contributed by atoms with E-state index >= 15 is 0 Å². The summed E-state index contributed by atoms with van der Waals surface area (Å²) in [7, 11) is 0. The second-order valence-corrected chi connectivity index (χ2v) is 4.54. The molecule has 12 heavy (non-hydrogen) atoms. The maximum Gasteiger partial charge on any atom is 0.227 e. The average Bonchev–Trinajstić information content (AvgIpc) is 2.07. The molecule has 0 aromatic rings. The molecule has 2 saturated heterocycles. The van der Waals surface area contributed by atoms with Gasteiger partial charge < -0.3 is 10.6 Å². The Labute approximate surface area is 79.6 Å². The van der Waals surface area contributed by atoms with Gasteiger partial charge in [0.2, 0.25) is 5.91 Å². The molecule has 3 unspecified atom stereocenters. The fourth-order valence-corrected chi connectivity index (χ4v) is 2.33. The van der Waals surface area contributed by atoms with Crippen molar-refractivity contribution in [3.63, 3.8) is 0 Å². The van der Waals surface area contributed by atoms with E-state index in [1.165, 1.54) is 0 Å². The molecular weight excluding hydrogens is 222 g/mol. The van der Waals surface area contributed by atoms with Crippen LogP contribution in [0.25, 0.3) is 0 Å². The van der Waals surface area contributed by atoms with Crippen LogP contribution in [-0.2, 0) is 4.79 Å². The Balaban J connectivity index is 2.05. The summed E-state index contributed by atoms with van der Waals surface area (Å²) in [6.07, 6.45) is 1.09. The molecule has 3 atom stereocenters. The third kappa shape index (κ3) is 1.48. The Morgan fingerprint density at radius 2 is 2.25 bits per heavy atom. The lowest BCUT2D eigenvalue weighted by Crippen LogP contribution is -2.64. The van der Waals surface area contributed by atoms with Gasteiger partial charge in [0, 0.05) is 11.4 Å². The minimum atomic E-state index is 0.0804. The van der Waals surface area contributed by atoms with Gasteiger partial charge in [-0.3, -0.25) is 10.1 Å². The number of amides is 1. The van der Waals surface area contributed by atoms with Crippen LogP contribution in [0.15, 0.2) is 0 Å². The van der Waals surface area contributed by atoms with Crippen molar-refractivity contribution in [2.45, 2.75) is 17.4 Å². The molecule has 2 fully saturated rings. The molecule has 5 heteroatoms. The molecule has 1 amide bonds. The van der Waals surface area contributed by atoms with E-state index in [0.29, 0.717) is 11.5 Å². The second kappa shape index (κ2) is 3.32. The first kappa shape index (κ1) is 8.47. The summed E-state index contributed by atoms with van der Waals surface area (Å²) in [4.78, 5) is 11.8. The predicted molar refractivity (Wildman–Crippen MR) is 48.8 cm³/mol. The third-order valence-corrected chi connectivity index (χ3v) is 3.09. The first-order chi connectivity index (χ1) is 5.77. The molecule has 4 nitrogen and oxygen atoms in total. The zero-order valence-corrected chi connectivity index (χ0v) is 8.23. The van der Waals surface area contributed by atoms with Crippen molar-refractivity contribution in [1.82, 2.24) is 16.0 Å². The summed E-state index contributed by atoms with van der Waals surface area (Å²) < 4.78 is 0. The summed E-state index contributed by atoms with van der Waals surface area (Å²) in [6, 6.07) is 0. The summed E-state index contributed by atoms with van der Waals surface area (Å²) in [5, 5.41) is 9.28. The predicted octanol–water partition coefficient (Wildman–Crippen LogP) is -0.638. The largest absolute Gasteiger partial charge is 0.343 e. The zero-order valence-electron chi connectivity index (χ0n) is 6.64. The minimum absolute atomic E-state index is 0.0804. The molecule has 0 radical (unpaired) electrons. The Kier molecular flexibility index (Phi) is 2.34. The summed E-state index contributed by atoms with van der Waals surface area (Å²) in [5.74, 6) is 0.243. The van der Waals surface area contributed by atoms with Gasteiger partial charge in [0.05, 0.1) is 18.8 Å². The summed E-state index contributed by atoms with van der Waals surface area (Å²) in [6.45, 7) is 1.52. The maximum atomic E-state index is 11.4. The van der Waals surface area contributed by atoms with Crippen LogP contribution in [0.5, 0.6) is 0 Å². The molecule has 2 aliphatic rings. The van der Waals surface area contributed by atoms with E-state index in [1.54, 1.807) is 0 Å². The molecule has 0 aromatic heterocycles. The standard InChI is InChI=1S/C7H12BrN3O/c8-4-1-5-6(9-2-4)10-3-11-7(5)12/h4-6,9-10H,1-3H2,(H,11,12). The Morgan fingerprint density at radius 3 is 3.08 bits per heavy atom. The second-order valence-electron chi connectivity index (χ2n) is 3.25.